The molecule has 11 nitrogen and oxygen atoms in total. The van der Waals surface area contributed by atoms with E-state index >= 15 is 0 Å². The number of benzene rings is 4. The molecule has 0 unspecified atom stereocenters. The summed E-state index contributed by atoms with van der Waals surface area (Å²) in [4.78, 5) is 0. The summed E-state index contributed by atoms with van der Waals surface area (Å²) < 4.78 is 170. The average Bonchev–Trinajstić information content (AvgIpc) is 4.20. The minimum absolute atomic E-state index is 0. The van der Waals surface area contributed by atoms with Gasteiger partial charge in [-0.05, 0) is 117 Å². The van der Waals surface area contributed by atoms with Crippen LogP contribution in [0.15, 0.2) is 152 Å². The van der Waals surface area contributed by atoms with Crippen LogP contribution in [-0.2, 0) is 50.3 Å². The second kappa shape index (κ2) is 26.3. The van der Waals surface area contributed by atoms with Crippen molar-refractivity contribution in [2.45, 2.75) is 33.2 Å². The maximum atomic E-state index is 13.7. The number of aromatic nitrogens is 8. The zero-order valence-electron chi connectivity index (χ0n) is 42.5. The molecule has 82 heavy (non-hydrogen) atoms. The van der Waals surface area contributed by atoms with Crippen LogP contribution in [0.1, 0.15) is 22.3 Å². The van der Waals surface area contributed by atoms with Gasteiger partial charge in [-0.3, -0.25) is 44.4 Å². The van der Waals surface area contributed by atoms with Crippen LogP contribution in [0.5, 0.6) is 0 Å². The molecule has 2 radical (unpaired) electrons. The summed E-state index contributed by atoms with van der Waals surface area (Å²) in [5.41, 5.74) is 4.99. The fourth-order valence-corrected chi connectivity index (χ4v) is 7.54. The fourth-order valence-electron chi connectivity index (χ4n) is 7.54. The molecule has 4 aromatic carbocycles. The Morgan fingerprint density at radius 3 is 0.939 bits per heavy atom. The van der Waals surface area contributed by atoms with Gasteiger partial charge in [-0.25, -0.2) is 28.6 Å². The number of pyridine rings is 4. The van der Waals surface area contributed by atoms with Crippen molar-refractivity contribution < 1.29 is 101 Å². The van der Waals surface area contributed by atoms with Crippen LogP contribution in [0.3, 0.4) is 0 Å². The Morgan fingerprint density at radius 1 is 0.402 bits per heavy atom. The molecule has 0 saturated carbocycles. The summed E-state index contributed by atoms with van der Waals surface area (Å²) in [5, 5.41) is 17.0. The van der Waals surface area contributed by atoms with Crippen molar-refractivity contribution in [2.75, 3.05) is 0 Å². The summed E-state index contributed by atoms with van der Waals surface area (Å²) in [6.45, 7) is 7.89. The molecule has 0 spiro atoms. The van der Waals surface area contributed by atoms with E-state index in [-0.39, 0.29) is 56.9 Å². The molecule has 0 aliphatic heterocycles. The predicted molar refractivity (Wildman–Crippen MR) is 275 cm³/mol. The minimum atomic E-state index is -5.84. The SMILES string of the molecule is Cc1ccn2nc(-c3[c-]cc(F)cc3F)cc2c1.Cc1ccn2nc(-c3[c-]cc(F)cc3F)cc2c1.Cc1ccn2nc(-c3[c-]cc(F)cc3F)cc2c1.Cc1ccn2nc(-c3ccc(F)cc3F)cc2c1.O=S(=O)(O)C(F)(F)F.[Ir].[Ir]. The number of rotatable bonds is 4. The van der Waals surface area contributed by atoms with Gasteiger partial charge in [0.1, 0.15) is 11.6 Å². The Bertz CT molecular complexity index is 3850. The maximum absolute atomic E-state index is 13.7. The van der Waals surface area contributed by atoms with Gasteiger partial charge in [0.2, 0.25) is 0 Å². The molecule has 0 saturated heterocycles. The number of fused-ring (bicyclic) bond motifs is 4. The molecule has 0 fully saturated rings. The Labute approximate surface area is 486 Å². The molecule has 8 aromatic heterocycles. The standard InChI is InChI=1S/C14H10F2N2.3C14H9F2N2.CHF3O3S.2Ir/c4*1-9-4-5-18-11(6-9)8-14(17-18)12-3-2-10(15)7-13(12)16;2-1(3,4)8(5,6)7;;/h2-8H,1H3;3*2,4-8H,1H3;(H,5,6,7);;/q;3*-1;;;. The molecule has 8 heterocycles. The summed E-state index contributed by atoms with van der Waals surface area (Å²) in [7, 11) is -5.84. The van der Waals surface area contributed by atoms with Crippen molar-refractivity contribution in [3.8, 4) is 45.0 Å². The number of nitrogens with zero attached hydrogens (tertiary/aromatic N) is 8. The molecule has 0 amide bonds. The van der Waals surface area contributed by atoms with Gasteiger partial charge >= 0.3 is 15.6 Å². The number of hydrogen-bond donors (Lipinski definition) is 1. The van der Waals surface area contributed by atoms with Crippen LogP contribution < -0.4 is 0 Å². The van der Waals surface area contributed by atoms with Crippen LogP contribution in [0, 0.1) is 92.4 Å². The summed E-state index contributed by atoms with van der Waals surface area (Å²) >= 11 is 0. The fraction of sp³-hybridized carbons (Fsp3) is 0.0877. The Balaban J connectivity index is 0.000000167. The maximum Gasteiger partial charge on any atom is 0.522 e. The largest absolute Gasteiger partial charge is 0.522 e. The zero-order chi connectivity index (χ0) is 57.8. The third-order valence-corrected chi connectivity index (χ3v) is 11.9. The van der Waals surface area contributed by atoms with E-state index in [4.69, 9.17) is 13.0 Å². The smallest absolute Gasteiger partial charge is 0.279 e. The first kappa shape index (κ1) is 63.3. The first-order valence-electron chi connectivity index (χ1n) is 23.2. The van der Waals surface area contributed by atoms with E-state index in [0.29, 0.717) is 28.3 Å². The summed E-state index contributed by atoms with van der Waals surface area (Å²) in [5.74, 6) is -5.09. The van der Waals surface area contributed by atoms with Crippen molar-refractivity contribution in [2.24, 2.45) is 0 Å². The number of hydrogen-bond acceptors (Lipinski definition) is 6. The van der Waals surface area contributed by atoms with Gasteiger partial charge in [-0.15, -0.1) is 36.4 Å². The normalized spacial score (nSPS) is 11.1. The van der Waals surface area contributed by atoms with Gasteiger partial charge in [-0.2, -0.15) is 26.7 Å². The zero-order valence-corrected chi connectivity index (χ0v) is 48.1. The van der Waals surface area contributed by atoms with Crippen LogP contribution in [-0.4, -0.2) is 56.9 Å². The first-order chi connectivity index (χ1) is 37.8. The Morgan fingerprint density at radius 2 is 0.671 bits per heavy atom. The molecule has 0 aliphatic carbocycles. The van der Waals surface area contributed by atoms with E-state index in [1.807, 2.05) is 82.4 Å². The van der Waals surface area contributed by atoms with Gasteiger partial charge in [-0.1, -0.05) is 53.1 Å². The number of alkyl halides is 3. The molecular weight excluding hydrogens is 1470 g/mol. The van der Waals surface area contributed by atoms with Crippen LogP contribution in [0.25, 0.3) is 67.1 Å². The van der Waals surface area contributed by atoms with E-state index in [1.54, 1.807) is 60.9 Å². The van der Waals surface area contributed by atoms with Crippen LogP contribution >= 0.6 is 0 Å². The van der Waals surface area contributed by atoms with Crippen molar-refractivity contribution >= 4 is 32.2 Å². The van der Waals surface area contributed by atoms with Gasteiger partial charge in [0, 0.05) is 129 Å². The minimum Gasteiger partial charge on any atom is -0.279 e. The van der Waals surface area contributed by atoms with Crippen molar-refractivity contribution in [1.82, 2.24) is 38.5 Å². The number of aryl methyl sites for hydroxylation is 4. The van der Waals surface area contributed by atoms with Gasteiger partial charge < -0.3 is 0 Å². The first-order valence-corrected chi connectivity index (χ1v) is 24.7. The summed E-state index contributed by atoms with van der Waals surface area (Å²) in [6.07, 6.45) is 7.22. The van der Waals surface area contributed by atoms with Crippen molar-refractivity contribution in [1.29, 1.82) is 0 Å². The van der Waals surface area contributed by atoms with E-state index in [9.17, 15) is 48.3 Å². The molecule has 428 valence electrons. The van der Waals surface area contributed by atoms with E-state index in [1.165, 1.54) is 12.1 Å². The van der Waals surface area contributed by atoms with E-state index < -0.39 is 62.2 Å². The summed E-state index contributed by atoms with van der Waals surface area (Å²) in [6, 6.07) is 39.5. The Hall–Kier alpha value is -7.92. The second-order valence-corrected chi connectivity index (χ2v) is 19.0. The molecule has 12 aromatic rings. The topological polar surface area (TPSA) is 124 Å². The van der Waals surface area contributed by atoms with Gasteiger partial charge in [0.25, 0.3) is 0 Å². The van der Waals surface area contributed by atoms with E-state index in [2.05, 4.69) is 38.6 Å². The molecule has 12 rings (SSSR count). The Kier molecular flexibility index (Phi) is 20.3. The second-order valence-electron chi connectivity index (χ2n) is 17.6. The third-order valence-electron chi connectivity index (χ3n) is 11.3. The molecule has 0 bridgehead atoms. The van der Waals surface area contributed by atoms with Crippen LogP contribution in [0.2, 0.25) is 0 Å². The van der Waals surface area contributed by atoms with Crippen molar-refractivity contribution in [3.05, 3.63) is 239 Å². The quantitative estimate of drug-likeness (QED) is 0.0805. The van der Waals surface area contributed by atoms with Gasteiger partial charge in [0.15, 0.2) is 0 Å². The van der Waals surface area contributed by atoms with Crippen LogP contribution in [0.4, 0.5) is 48.3 Å². The molecule has 0 atom stereocenters. The molecule has 1 N–H and O–H groups in total. The van der Waals surface area contributed by atoms with E-state index in [0.717, 1.165) is 86.8 Å². The van der Waals surface area contributed by atoms with Crippen molar-refractivity contribution in [3.63, 3.8) is 0 Å². The van der Waals surface area contributed by atoms with Gasteiger partial charge in [0.05, 0.1) is 27.8 Å². The molecule has 25 heteroatoms. The molecule has 0 aliphatic rings. The molecular formula is C57H38F11Ir2N8O3S-3. The number of halogens is 11. The third kappa shape index (κ3) is 15.5. The average molecular weight is 1510 g/mol. The predicted octanol–water partition coefficient (Wildman–Crippen LogP) is 14.1. The monoisotopic (exact) mass is 1510 g/mol.